The average Bonchev–Trinajstić information content (AvgIpc) is 0.758. The van der Waals surface area contributed by atoms with Crippen LogP contribution in [0.3, 0.4) is 0 Å². The maximum atomic E-state index is 13.4. The minimum absolute atomic E-state index is 0.797. The third-order valence-electron chi connectivity index (χ3n) is 22.0. The first-order chi connectivity index (χ1) is 56.8. The van der Waals surface area contributed by atoms with E-state index in [9.17, 15) is 152 Å². The number of hydrogen-bond acceptors (Lipinski definition) is 49. The number of amides is 4. The van der Waals surface area contributed by atoms with Crippen LogP contribution >= 0.6 is 0 Å². The molecule has 694 valence electrons. The normalized spacial score (nSPS) is 49.7. The van der Waals surface area contributed by atoms with Crippen LogP contribution in [0.1, 0.15) is 34.6 Å². The minimum atomic E-state index is -2.52. The van der Waals surface area contributed by atoms with Gasteiger partial charge in [0.05, 0.1) is 65.6 Å². The predicted molar refractivity (Wildman–Crippen MR) is 369 cm³/mol. The van der Waals surface area contributed by atoms with Crippen LogP contribution in [0.25, 0.3) is 0 Å². The summed E-state index contributed by atoms with van der Waals surface area (Å²) in [5, 5.41) is 300. The maximum absolute atomic E-state index is 13.4. The first kappa shape index (κ1) is 98.3. The lowest BCUT2D eigenvalue weighted by Crippen LogP contribution is -2.72. The Balaban J connectivity index is 0.996. The largest absolute Gasteiger partial charge is 0.394 e. The van der Waals surface area contributed by atoms with Gasteiger partial charge in [0.25, 0.3) is 0 Å². The fourth-order valence-electron chi connectivity index (χ4n) is 15.6. The number of nitrogens with one attached hydrogen (secondary N) is 4. The van der Waals surface area contributed by atoms with Gasteiger partial charge in [0.15, 0.2) is 62.9 Å². The minimum Gasteiger partial charge on any atom is -0.394 e. The summed E-state index contributed by atoms with van der Waals surface area (Å²) in [5.74, 6) is -3.76. The molecule has 0 aliphatic carbocycles. The molecular weight excluding hydrogens is 1640 g/mol. The van der Waals surface area contributed by atoms with Crippen molar-refractivity contribution in [2.24, 2.45) is 0 Å². The third-order valence-corrected chi connectivity index (χ3v) is 22.0. The van der Waals surface area contributed by atoms with E-state index < -0.39 is 384 Å². The van der Waals surface area contributed by atoms with Crippen molar-refractivity contribution in [3.8, 4) is 0 Å². The van der Waals surface area contributed by atoms with E-state index in [1.165, 1.54) is 6.92 Å². The van der Waals surface area contributed by atoms with Crippen LogP contribution in [0.2, 0.25) is 0 Å². The Hall–Kier alpha value is -3.92. The molecule has 10 aliphatic rings. The average molecular weight is 1760 g/mol. The van der Waals surface area contributed by atoms with Gasteiger partial charge in [-0.3, -0.25) is 19.2 Å². The highest BCUT2D eigenvalue weighted by molar-refractivity contribution is 5.74. The summed E-state index contributed by atoms with van der Waals surface area (Å²) >= 11 is 0. The molecule has 0 unspecified atom stereocenters. The molecule has 0 aromatic rings. The van der Waals surface area contributed by atoms with Gasteiger partial charge in [0.2, 0.25) is 23.6 Å². The Bertz CT molecular complexity index is 3230. The molecule has 0 aromatic heterocycles. The van der Waals surface area contributed by atoms with Gasteiger partial charge in [-0.15, -0.1) is 0 Å². The highest BCUT2D eigenvalue weighted by Crippen LogP contribution is 2.42. The molecule has 49 atom stereocenters. The summed E-state index contributed by atoms with van der Waals surface area (Å²) in [4.78, 5) is 52.0. The van der Waals surface area contributed by atoms with Gasteiger partial charge in [-0.25, -0.2) is 0 Å². The lowest BCUT2D eigenvalue weighted by molar-refractivity contribution is -0.411. The molecule has 0 bridgehead atoms. The van der Waals surface area contributed by atoms with Crippen molar-refractivity contribution in [3.63, 3.8) is 0 Å². The SMILES string of the molecule is CC(=O)N[C@@H]1[C@@H](O)[C@H](O[C@@H]2O[C@H](CO)[C@@H](O[C@@H]3O[C@H](CO[C@H]4O[C@H](CO)[C@@H](O)[C@H](O)[C@@H]4O)[C@@H](O)[C@H](O[C@H]4O[C@H](CO)[C@@H](O)[C@H](O)[C@@H]4O[C@@H]4O[C@H](CO)[C@@H](O[C@@H]5O[C@H](CO)[C@H](O)[C@H](O[C@@H]6O[C@H](CO)[C@H](O)[C@H](O)[C@H]6O[C@@H]6O[C@@H](C)[C@@H](O)[C@@H](O)[C@@H]6O)[C@H]5NC(C)=O)[C@H](O)[C@H]4NC(C)=O)[C@@H]3O[C@@H]3OC[C@@H](O)[C@H](O)[C@H]3O)[C@H](O)[C@H]2NC(C)=O)[C@@H](CO)O[C@H]1O. The van der Waals surface area contributed by atoms with Gasteiger partial charge < -0.3 is 244 Å². The van der Waals surface area contributed by atoms with E-state index in [-0.39, 0.29) is 0 Å². The van der Waals surface area contributed by atoms with E-state index >= 15 is 0 Å². The molecule has 0 spiro atoms. The van der Waals surface area contributed by atoms with E-state index in [4.69, 9.17) is 90.0 Å². The third kappa shape index (κ3) is 21.6. The Kier molecular flexibility index (Phi) is 35.0. The quantitative estimate of drug-likeness (QED) is 0.0318. The van der Waals surface area contributed by atoms with Crippen LogP contribution in [-0.4, -0.2) is 517 Å². The van der Waals surface area contributed by atoms with Crippen LogP contribution in [0.15, 0.2) is 0 Å². The smallest absolute Gasteiger partial charge is 0.217 e. The Morgan fingerprint density at radius 2 is 0.583 bits per heavy atom. The fourth-order valence-corrected chi connectivity index (χ4v) is 15.6. The van der Waals surface area contributed by atoms with Crippen LogP contribution in [-0.2, 0) is 109 Å². The number of carbonyl (C=O) groups is 4. The van der Waals surface area contributed by atoms with E-state index in [1.54, 1.807) is 0 Å². The Morgan fingerprint density at radius 3 is 1.07 bits per heavy atom. The molecule has 53 nitrogen and oxygen atoms in total. The molecule has 10 fully saturated rings. The van der Waals surface area contributed by atoms with Gasteiger partial charge >= 0.3 is 0 Å². The fraction of sp³-hybridized carbons (Fsp3) is 0.940. The number of hydrogen-bond donors (Lipinski definition) is 30. The summed E-state index contributed by atoms with van der Waals surface area (Å²) in [6, 6.07) is -7.69. The zero-order valence-electron chi connectivity index (χ0n) is 64.7. The van der Waals surface area contributed by atoms with Crippen LogP contribution in [0.4, 0.5) is 0 Å². The van der Waals surface area contributed by atoms with Crippen molar-refractivity contribution in [3.05, 3.63) is 0 Å². The Morgan fingerprint density at radius 1 is 0.267 bits per heavy atom. The molecule has 30 N–H and O–H groups in total. The lowest BCUT2D eigenvalue weighted by atomic mass is 9.93. The van der Waals surface area contributed by atoms with Crippen LogP contribution in [0, 0.1) is 0 Å². The molecule has 4 amide bonds. The van der Waals surface area contributed by atoms with E-state index in [1.807, 2.05) is 0 Å². The molecule has 10 saturated heterocycles. The second kappa shape index (κ2) is 42.8. The summed E-state index contributed by atoms with van der Waals surface area (Å²) in [6.07, 6.45) is -94.3. The Labute approximate surface area is 679 Å². The zero-order chi connectivity index (χ0) is 88.2. The van der Waals surface area contributed by atoms with E-state index in [0.717, 1.165) is 27.7 Å². The number of carbonyl (C=O) groups excluding carboxylic acids is 4. The highest BCUT2D eigenvalue weighted by atomic mass is 16.8. The standard InChI is InChI=1S/C67H112N4O49/c1-15-33(84)43(94)49(100)64(104-15)119-56-46(97)37(88)22(7-73)108-65(56)116-53-32(71-19(5)82)61(106-24(9-75)38(53)89)114-51-26(11-77)111-60(31(41(51)92)70-18(4)81)118-55-45(96)36(87)23(8-74)109-66(55)117-54-39(90)28(14-103-62-48(99)44(95)35(86)21(6-72)107-62)112-67(57(54)120-63-47(98)34(85)20(83)13-102-63)115-52-27(12-78)110-59(30(42(52)93)69-17(3)80)113-50-25(10-76)105-58(101)29(40(50)91)68-16(2)79/h15,20-67,72-78,83-101H,6-14H2,1-5H3,(H,68,79)(H,69,80)(H,70,81)(H,71,82)/t15-,20+,21+,22+,23+,24+,25+,26+,27+,28+,29+,30+,31+,32+,33+,34-,35+,36+,37-,38-,39+,40+,41+,42+,43+,44-,45-,46-,47+,48-,49-,50+,51+,52+,53+,54-,55-,56+,57-,58+,59-,60-,61-,62-,63-,64-,65-,66+,67-/m0/s1. The number of aliphatic hydroxyl groups excluding tert-OH is 26. The van der Waals surface area contributed by atoms with Crippen molar-refractivity contribution in [1.29, 1.82) is 0 Å². The number of ether oxygens (including phenoxy) is 19. The zero-order valence-corrected chi connectivity index (χ0v) is 64.7. The first-order valence-corrected chi connectivity index (χ1v) is 38.4. The van der Waals surface area contributed by atoms with Gasteiger partial charge in [0.1, 0.15) is 232 Å². The van der Waals surface area contributed by atoms with Gasteiger partial charge in [-0.05, 0) is 6.92 Å². The molecule has 0 radical (unpaired) electrons. The van der Waals surface area contributed by atoms with Crippen LogP contribution in [0.5, 0.6) is 0 Å². The predicted octanol–water partition coefficient (Wildman–Crippen LogP) is -20.6. The monoisotopic (exact) mass is 1760 g/mol. The van der Waals surface area contributed by atoms with E-state index in [0.29, 0.717) is 0 Å². The van der Waals surface area contributed by atoms with Crippen molar-refractivity contribution in [2.75, 3.05) is 59.5 Å². The van der Waals surface area contributed by atoms with Crippen molar-refractivity contribution < 1.29 is 242 Å². The van der Waals surface area contributed by atoms with Gasteiger partial charge in [-0.2, -0.15) is 0 Å². The molecule has 10 rings (SSSR count). The van der Waals surface area contributed by atoms with Crippen LogP contribution < -0.4 is 21.3 Å². The van der Waals surface area contributed by atoms with E-state index in [2.05, 4.69) is 21.3 Å². The summed E-state index contributed by atoms with van der Waals surface area (Å²) in [5.41, 5.74) is 0. The second-order valence-corrected chi connectivity index (χ2v) is 30.5. The van der Waals surface area contributed by atoms with Crippen molar-refractivity contribution >= 4 is 23.6 Å². The lowest BCUT2D eigenvalue weighted by Gasteiger charge is -2.52. The first-order valence-electron chi connectivity index (χ1n) is 38.4. The number of rotatable bonds is 30. The molecule has 53 heteroatoms. The molecule has 10 heterocycles. The topological polar surface area (TPSA) is 818 Å². The molecule has 0 saturated carbocycles. The van der Waals surface area contributed by atoms with Gasteiger partial charge in [0, 0.05) is 27.7 Å². The molecule has 120 heavy (non-hydrogen) atoms. The molecular formula is C67H112N4O49. The molecule has 0 aromatic carbocycles. The molecule has 10 aliphatic heterocycles. The van der Waals surface area contributed by atoms with Crippen molar-refractivity contribution in [1.82, 2.24) is 21.3 Å². The summed E-state index contributed by atoms with van der Waals surface area (Å²) in [6.45, 7) is -4.88. The van der Waals surface area contributed by atoms with Crippen molar-refractivity contribution in [2.45, 2.75) is 335 Å². The highest BCUT2D eigenvalue weighted by Gasteiger charge is 2.62. The van der Waals surface area contributed by atoms with Gasteiger partial charge in [-0.1, -0.05) is 0 Å². The second-order valence-electron chi connectivity index (χ2n) is 30.5. The summed E-state index contributed by atoms with van der Waals surface area (Å²) < 4.78 is 114. The maximum Gasteiger partial charge on any atom is 0.217 e. The number of aliphatic hydroxyl groups is 26. The summed E-state index contributed by atoms with van der Waals surface area (Å²) in [7, 11) is 0.